The molecule has 2 aliphatic heterocycles. The molecule has 180 valence electrons. The van der Waals surface area contributed by atoms with Gasteiger partial charge in [0.05, 0.1) is 11.6 Å². The molecule has 0 aromatic heterocycles. The second-order valence-electron chi connectivity index (χ2n) is 9.68. The molecule has 1 amide bonds. The summed E-state index contributed by atoms with van der Waals surface area (Å²) in [4.78, 5) is 22.0. The van der Waals surface area contributed by atoms with E-state index in [1.54, 1.807) is 6.07 Å². The average Bonchev–Trinajstić information content (AvgIpc) is 3.18. The van der Waals surface area contributed by atoms with Crippen LogP contribution in [-0.4, -0.2) is 92.0 Å². The Balaban J connectivity index is 1.51. The number of likely N-dealkylation sites (N-methyl/N-ethyl adjacent to an activating group) is 2. The number of hydrogen-bond acceptors (Lipinski definition) is 6. The summed E-state index contributed by atoms with van der Waals surface area (Å²) in [6.45, 7) is 8.53. The monoisotopic (exact) mass is 460 g/mol. The molecule has 2 aliphatic rings. The Morgan fingerprint density at radius 2 is 1.59 bits per heavy atom. The van der Waals surface area contributed by atoms with Crippen LogP contribution < -0.4 is 5.73 Å². The molecule has 2 heterocycles. The molecule has 0 spiro atoms. The summed E-state index contributed by atoms with van der Waals surface area (Å²) in [5, 5.41) is 9.87. The number of anilines is 1. The van der Waals surface area contributed by atoms with Crippen molar-refractivity contribution in [3.8, 4) is 17.2 Å². The quantitative estimate of drug-likeness (QED) is 0.707. The zero-order valence-electron chi connectivity index (χ0n) is 20.5. The number of nitrogens with two attached hydrogens (primary N) is 1. The minimum atomic E-state index is 0.0208. The van der Waals surface area contributed by atoms with E-state index >= 15 is 0 Å². The number of hydrogen-bond donors (Lipinski definition) is 1. The van der Waals surface area contributed by atoms with E-state index in [4.69, 9.17) is 5.73 Å². The van der Waals surface area contributed by atoms with Crippen LogP contribution in [0.3, 0.4) is 0 Å². The molecule has 7 nitrogen and oxygen atoms in total. The maximum atomic E-state index is 13.1. The van der Waals surface area contributed by atoms with E-state index < -0.39 is 0 Å². The summed E-state index contributed by atoms with van der Waals surface area (Å²) >= 11 is 0. The summed E-state index contributed by atoms with van der Waals surface area (Å²) in [7, 11) is 4.26. The Kier molecular flexibility index (Phi) is 7.84. The first-order valence-electron chi connectivity index (χ1n) is 12.3. The highest BCUT2D eigenvalue weighted by Gasteiger charge is 2.20. The van der Waals surface area contributed by atoms with Crippen molar-refractivity contribution in [1.82, 2.24) is 19.6 Å². The second-order valence-corrected chi connectivity index (χ2v) is 9.68. The van der Waals surface area contributed by atoms with Gasteiger partial charge >= 0.3 is 0 Å². The van der Waals surface area contributed by atoms with E-state index in [9.17, 15) is 10.1 Å². The molecule has 7 heteroatoms. The van der Waals surface area contributed by atoms with Crippen LogP contribution in [0.4, 0.5) is 5.69 Å². The van der Waals surface area contributed by atoms with Gasteiger partial charge in [-0.25, -0.2) is 0 Å². The fourth-order valence-corrected chi connectivity index (χ4v) is 4.91. The first kappa shape index (κ1) is 24.2. The highest BCUT2D eigenvalue weighted by molar-refractivity contribution is 5.97. The number of amides is 1. The number of nitrogens with zero attached hydrogens (tertiary/aromatic N) is 5. The molecule has 0 unspecified atom stereocenters. The molecule has 4 rings (SSSR count). The standard InChI is InChI=1S/C27H36N6O/c1-30-9-3-11-32(15-13-30)20-21-5-7-24(23(17-21)19-28)25-8-6-22(18-26(25)29)27(34)33-12-4-10-31(2)14-16-33/h5-8,17-18H,3-4,9-16,20,29H2,1-2H3. The van der Waals surface area contributed by atoms with Crippen LogP contribution in [0.25, 0.3) is 11.1 Å². The van der Waals surface area contributed by atoms with Gasteiger partial charge in [-0.3, -0.25) is 9.69 Å². The fourth-order valence-electron chi connectivity index (χ4n) is 4.91. The van der Waals surface area contributed by atoms with Crippen molar-refractivity contribution in [2.75, 3.05) is 72.2 Å². The van der Waals surface area contributed by atoms with Gasteiger partial charge in [0, 0.05) is 61.6 Å². The van der Waals surface area contributed by atoms with Crippen LogP contribution in [0.2, 0.25) is 0 Å². The minimum absolute atomic E-state index is 0.0208. The van der Waals surface area contributed by atoms with Gasteiger partial charge in [-0.05, 0) is 70.3 Å². The largest absolute Gasteiger partial charge is 0.398 e. The Morgan fingerprint density at radius 1 is 0.882 bits per heavy atom. The average molecular weight is 461 g/mol. The Hall–Kier alpha value is -2.92. The lowest BCUT2D eigenvalue weighted by atomic mass is 9.95. The van der Waals surface area contributed by atoms with Crippen molar-refractivity contribution in [3.63, 3.8) is 0 Å². The van der Waals surface area contributed by atoms with Gasteiger partial charge < -0.3 is 20.4 Å². The number of benzene rings is 2. The van der Waals surface area contributed by atoms with Crippen molar-refractivity contribution >= 4 is 11.6 Å². The van der Waals surface area contributed by atoms with Crippen LogP contribution in [0.1, 0.15) is 34.3 Å². The molecule has 0 bridgehead atoms. The van der Waals surface area contributed by atoms with Crippen molar-refractivity contribution in [1.29, 1.82) is 5.26 Å². The molecule has 2 aromatic rings. The topological polar surface area (TPSA) is 79.8 Å². The number of carbonyl (C=O) groups is 1. The number of carbonyl (C=O) groups excluding carboxylic acids is 1. The minimum Gasteiger partial charge on any atom is -0.398 e. The Morgan fingerprint density at radius 3 is 2.32 bits per heavy atom. The first-order valence-corrected chi connectivity index (χ1v) is 12.3. The zero-order chi connectivity index (χ0) is 24.1. The third-order valence-electron chi connectivity index (χ3n) is 7.02. The SMILES string of the molecule is CN1CCCN(Cc2ccc(-c3ccc(C(=O)N4CCCN(C)CC4)cc3N)c(C#N)c2)CC1. The Labute approximate surface area is 203 Å². The van der Waals surface area contributed by atoms with Crippen molar-refractivity contribution < 1.29 is 4.79 Å². The van der Waals surface area contributed by atoms with Gasteiger partial charge in [-0.1, -0.05) is 18.2 Å². The Bertz CT molecular complexity index is 1060. The fraction of sp³-hybridized carbons (Fsp3) is 0.481. The van der Waals surface area contributed by atoms with E-state index in [1.165, 1.54) is 0 Å². The van der Waals surface area contributed by atoms with E-state index in [1.807, 2.05) is 29.2 Å². The number of nitrogen functional groups attached to an aromatic ring is 1. The van der Waals surface area contributed by atoms with Gasteiger partial charge in [-0.15, -0.1) is 0 Å². The highest BCUT2D eigenvalue weighted by atomic mass is 16.2. The van der Waals surface area contributed by atoms with Crippen LogP contribution in [0.5, 0.6) is 0 Å². The van der Waals surface area contributed by atoms with E-state index in [2.05, 4.69) is 40.9 Å². The third-order valence-corrected chi connectivity index (χ3v) is 7.02. The maximum Gasteiger partial charge on any atom is 0.253 e. The van der Waals surface area contributed by atoms with Crippen LogP contribution in [0, 0.1) is 11.3 Å². The molecular weight excluding hydrogens is 424 g/mol. The molecule has 2 aromatic carbocycles. The van der Waals surface area contributed by atoms with E-state index in [-0.39, 0.29) is 5.91 Å². The molecule has 2 fully saturated rings. The molecule has 2 N–H and O–H groups in total. The van der Waals surface area contributed by atoms with Crippen molar-refractivity contribution in [2.24, 2.45) is 0 Å². The summed E-state index contributed by atoms with van der Waals surface area (Å²) in [6.07, 6.45) is 2.14. The zero-order valence-corrected chi connectivity index (χ0v) is 20.5. The molecular formula is C27H36N6O. The predicted molar refractivity (Wildman–Crippen MR) is 136 cm³/mol. The smallest absolute Gasteiger partial charge is 0.253 e. The highest BCUT2D eigenvalue weighted by Crippen LogP contribution is 2.31. The number of rotatable bonds is 4. The van der Waals surface area contributed by atoms with Gasteiger partial charge in [-0.2, -0.15) is 5.26 Å². The molecule has 2 saturated heterocycles. The summed E-state index contributed by atoms with van der Waals surface area (Å²) in [5.41, 5.74) is 10.9. The van der Waals surface area contributed by atoms with Gasteiger partial charge in [0.15, 0.2) is 0 Å². The van der Waals surface area contributed by atoms with Crippen molar-refractivity contribution in [3.05, 3.63) is 53.1 Å². The molecule has 34 heavy (non-hydrogen) atoms. The molecule has 0 radical (unpaired) electrons. The number of nitriles is 1. The lowest BCUT2D eigenvalue weighted by Gasteiger charge is -2.21. The van der Waals surface area contributed by atoms with Crippen LogP contribution in [0.15, 0.2) is 36.4 Å². The summed E-state index contributed by atoms with van der Waals surface area (Å²) in [6, 6.07) is 13.9. The van der Waals surface area contributed by atoms with E-state index in [0.717, 1.165) is 88.4 Å². The first-order chi connectivity index (χ1) is 16.4. The van der Waals surface area contributed by atoms with Crippen molar-refractivity contribution in [2.45, 2.75) is 19.4 Å². The predicted octanol–water partition coefficient (Wildman–Crippen LogP) is 2.72. The lowest BCUT2D eigenvalue weighted by Crippen LogP contribution is -2.34. The second kappa shape index (κ2) is 11.0. The molecule has 0 saturated carbocycles. The van der Waals surface area contributed by atoms with Gasteiger partial charge in [0.2, 0.25) is 0 Å². The maximum absolute atomic E-state index is 13.1. The van der Waals surface area contributed by atoms with Gasteiger partial charge in [0.25, 0.3) is 5.91 Å². The summed E-state index contributed by atoms with van der Waals surface area (Å²) in [5.74, 6) is 0.0208. The third kappa shape index (κ3) is 5.76. The summed E-state index contributed by atoms with van der Waals surface area (Å²) < 4.78 is 0. The van der Waals surface area contributed by atoms with Crippen LogP contribution >= 0.6 is 0 Å². The lowest BCUT2D eigenvalue weighted by molar-refractivity contribution is 0.0763. The van der Waals surface area contributed by atoms with E-state index in [0.29, 0.717) is 16.8 Å². The normalized spacial score (nSPS) is 18.8. The van der Waals surface area contributed by atoms with Crippen LogP contribution in [-0.2, 0) is 6.54 Å². The molecule has 0 atom stereocenters. The molecule has 0 aliphatic carbocycles. The van der Waals surface area contributed by atoms with Gasteiger partial charge in [0.1, 0.15) is 0 Å².